The lowest BCUT2D eigenvalue weighted by molar-refractivity contribution is -0.120. The number of ether oxygens (including phenoxy) is 1. The number of benzene rings is 1. The highest BCUT2D eigenvalue weighted by molar-refractivity contribution is 6.35. The smallest absolute Gasteiger partial charge is 0.244 e. The average Bonchev–Trinajstić information content (AvgIpc) is 2.51. The first-order chi connectivity index (χ1) is 11.3. The fraction of sp³-hybridized carbons (Fsp3) is 0.294. The molecule has 0 bridgehead atoms. The van der Waals surface area contributed by atoms with Gasteiger partial charge >= 0.3 is 0 Å². The first-order valence-corrected chi connectivity index (χ1v) is 8.26. The largest absolute Gasteiger partial charge is 0.438 e. The maximum absolute atomic E-state index is 12.2. The van der Waals surface area contributed by atoms with E-state index in [4.69, 9.17) is 33.7 Å². The van der Waals surface area contributed by atoms with Crippen LogP contribution in [0.3, 0.4) is 0 Å². The molecule has 2 rings (SSSR count). The summed E-state index contributed by atoms with van der Waals surface area (Å²) in [4.78, 5) is 16.2. The van der Waals surface area contributed by atoms with E-state index in [-0.39, 0.29) is 36.6 Å². The van der Waals surface area contributed by atoms with Crippen LogP contribution in [0.2, 0.25) is 10.0 Å². The number of halogens is 4. The van der Waals surface area contributed by atoms with Gasteiger partial charge in [0.15, 0.2) is 0 Å². The van der Waals surface area contributed by atoms with Crippen molar-refractivity contribution >= 4 is 59.6 Å². The Balaban J connectivity index is 0.00000312. The maximum Gasteiger partial charge on any atom is 0.244 e. The normalized spacial score (nSPS) is 12.2. The van der Waals surface area contributed by atoms with Gasteiger partial charge in [-0.3, -0.25) is 4.79 Å². The average molecular weight is 441 g/mol. The zero-order chi connectivity index (χ0) is 17.7. The molecule has 1 aromatic carbocycles. The van der Waals surface area contributed by atoms with E-state index in [1.165, 1.54) is 6.20 Å². The molecule has 1 heterocycles. The number of carbonyl (C=O) groups excluding carboxylic acids is 1. The van der Waals surface area contributed by atoms with E-state index < -0.39 is 5.54 Å². The van der Waals surface area contributed by atoms with Gasteiger partial charge < -0.3 is 15.8 Å². The minimum absolute atomic E-state index is 0. The highest BCUT2D eigenvalue weighted by atomic mass is 35.5. The van der Waals surface area contributed by atoms with Gasteiger partial charge in [-0.05, 0) is 43.7 Å². The number of nitrogens with one attached hydrogen (secondary N) is 1. The van der Waals surface area contributed by atoms with Crippen molar-refractivity contribution in [3.8, 4) is 11.6 Å². The summed E-state index contributed by atoms with van der Waals surface area (Å²) in [6.45, 7) is 3.71. The Labute approximate surface area is 175 Å². The maximum atomic E-state index is 12.2. The van der Waals surface area contributed by atoms with Crippen molar-refractivity contribution in [2.45, 2.75) is 32.2 Å². The number of anilines is 1. The van der Waals surface area contributed by atoms with Crippen LogP contribution in [0.1, 0.15) is 26.7 Å². The topological polar surface area (TPSA) is 77.2 Å². The highest BCUT2D eigenvalue weighted by Crippen LogP contribution is 2.29. The van der Waals surface area contributed by atoms with Crippen LogP contribution in [0.15, 0.2) is 36.5 Å². The van der Waals surface area contributed by atoms with E-state index in [1.54, 1.807) is 37.3 Å². The molecule has 0 aliphatic heterocycles. The Morgan fingerprint density at radius 2 is 1.88 bits per heavy atom. The third-order valence-corrected chi connectivity index (χ3v) is 3.87. The molecule has 1 unspecified atom stereocenters. The van der Waals surface area contributed by atoms with Crippen molar-refractivity contribution in [2.75, 3.05) is 5.32 Å². The quantitative estimate of drug-likeness (QED) is 0.623. The zero-order valence-electron chi connectivity index (χ0n) is 14.3. The van der Waals surface area contributed by atoms with E-state index in [0.29, 0.717) is 27.9 Å². The number of pyridine rings is 1. The van der Waals surface area contributed by atoms with E-state index in [9.17, 15) is 4.79 Å². The zero-order valence-corrected chi connectivity index (χ0v) is 17.4. The summed E-state index contributed by atoms with van der Waals surface area (Å²) in [6, 6.07) is 8.40. The van der Waals surface area contributed by atoms with Gasteiger partial charge in [-0.2, -0.15) is 0 Å². The van der Waals surface area contributed by atoms with Crippen molar-refractivity contribution in [2.24, 2.45) is 5.73 Å². The first kappa shape index (κ1) is 24.8. The van der Waals surface area contributed by atoms with Gasteiger partial charge in [0.25, 0.3) is 0 Å². The lowest BCUT2D eigenvalue weighted by atomic mass is 9.96. The number of amides is 1. The second kappa shape index (κ2) is 10.8. The molecular formula is C17H21Cl4N3O2. The van der Waals surface area contributed by atoms with Crippen LogP contribution in [0.25, 0.3) is 0 Å². The SMILES string of the molecule is CCCC(C)(N)C(=O)Nc1ccc(Oc2ncc(Cl)cc2Cl)cc1.Cl.Cl. The lowest BCUT2D eigenvalue weighted by Gasteiger charge is -2.22. The molecular weight excluding hydrogens is 420 g/mol. The van der Waals surface area contributed by atoms with Gasteiger partial charge in [-0.15, -0.1) is 24.8 Å². The van der Waals surface area contributed by atoms with Crippen molar-refractivity contribution in [1.82, 2.24) is 4.98 Å². The predicted octanol–water partition coefficient (Wildman–Crippen LogP) is 5.48. The van der Waals surface area contributed by atoms with Gasteiger partial charge in [0, 0.05) is 11.9 Å². The number of nitrogens with zero attached hydrogens (tertiary/aromatic N) is 1. The van der Waals surface area contributed by atoms with Crippen molar-refractivity contribution in [1.29, 1.82) is 0 Å². The molecule has 0 aliphatic carbocycles. The molecule has 1 aromatic heterocycles. The van der Waals surface area contributed by atoms with E-state index in [0.717, 1.165) is 6.42 Å². The van der Waals surface area contributed by atoms with Crippen LogP contribution < -0.4 is 15.8 Å². The lowest BCUT2D eigenvalue weighted by Crippen LogP contribution is -2.48. The number of rotatable bonds is 6. The summed E-state index contributed by atoms with van der Waals surface area (Å²) in [5.74, 6) is 0.574. The summed E-state index contributed by atoms with van der Waals surface area (Å²) in [7, 11) is 0. The monoisotopic (exact) mass is 439 g/mol. The molecule has 1 amide bonds. The summed E-state index contributed by atoms with van der Waals surface area (Å²) in [5.41, 5.74) is 5.75. The molecule has 0 radical (unpaired) electrons. The van der Waals surface area contributed by atoms with Crippen molar-refractivity contribution in [3.63, 3.8) is 0 Å². The molecule has 0 saturated carbocycles. The third kappa shape index (κ3) is 6.82. The van der Waals surface area contributed by atoms with E-state index >= 15 is 0 Å². The van der Waals surface area contributed by atoms with E-state index in [2.05, 4.69) is 10.3 Å². The fourth-order valence-electron chi connectivity index (χ4n) is 2.10. The van der Waals surface area contributed by atoms with Gasteiger partial charge in [0.1, 0.15) is 10.8 Å². The minimum Gasteiger partial charge on any atom is -0.438 e. The Morgan fingerprint density at radius 3 is 2.42 bits per heavy atom. The number of aromatic nitrogens is 1. The van der Waals surface area contributed by atoms with Crippen LogP contribution >= 0.6 is 48.0 Å². The van der Waals surface area contributed by atoms with Crippen LogP contribution in [0, 0.1) is 0 Å². The number of hydrogen-bond acceptors (Lipinski definition) is 4. The molecule has 2 aromatic rings. The summed E-state index contributed by atoms with van der Waals surface area (Å²) < 4.78 is 5.59. The predicted molar refractivity (Wildman–Crippen MR) is 111 cm³/mol. The molecule has 0 saturated heterocycles. The van der Waals surface area contributed by atoms with E-state index in [1.807, 2.05) is 6.92 Å². The molecule has 5 nitrogen and oxygen atoms in total. The molecule has 9 heteroatoms. The first-order valence-electron chi connectivity index (χ1n) is 7.51. The Morgan fingerprint density at radius 1 is 1.27 bits per heavy atom. The van der Waals surface area contributed by atoms with Gasteiger partial charge in [-0.1, -0.05) is 36.5 Å². The summed E-state index contributed by atoms with van der Waals surface area (Å²) >= 11 is 11.8. The van der Waals surface area contributed by atoms with Crippen LogP contribution in [0.4, 0.5) is 5.69 Å². The Hall–Kier alpha value is -1.24. The van der Waals surface area contributed by atoms with Gasteiger partial charge in [0.2, 0.25) is 11.8 Å². The molecule has 3 N–H and O–H groups in total. The number of hydrogen-bond donors (Lipinski definition) is 2. The standard InChI is InChI=1S/C17H19Cl2N3O2.2ClH/c1-3-8-17(2,20)16(23)22-12-4-6-13(7-5-12)24-15-14(19)9-11(18)10-21-15;;/h4-7,9-10H,3,8,20H2,1-2H3,(H,22,23);2*1H. The summed E-state index contributed by atoms with van der Waals surface area (Å²) in [5, 5.41) is 3.55. The molecule has 0 spiro atoms. The van der Waals surface area contributed by atoms with Crippen LogP contribution in [-0.2, 0) is 4.79 Å². The highest BCUT2D eigenvalue weighted by Gasteiger charge is 2.27. The van der Waals surface area contributed by atoms with Crippen molar-refractivity contribution in [3.05, 3.63) is 46.6 Å². The second-order valence-corrected chi connectivity index (χ2v) is 6.53. The van der Waals surface area contributed by atoms with Gasteiger partial charge in [0.05, 0.1) is 10.6 Å². The molecule has 0 fully saturated rings. The third-order valence-electron chi connectivity index (χ3n) is 3.39. The van der Waals surface area contributed by atoms with Crippen LogP contribution in [-0.4, -0.2) is 16.4 Å². The second-order valence-electron chi connectivity index (χ2n) is 5.69. The van der Waals surface area contributed by atoms with Crippen LogP contribution in [0.5, 0.6) is 11.6 Å². The van der Waals surface area contributed by atoms with Crippen molar-refractivity contribution < 1.29 is 9.53 Å². The Bertz CT molecular complexity index is 724. The molecule has 1 atom stereocenters. The number of carbonyl (C=O) groups is 1. The summed E-state index contributed by atoms with van der Waals surface area (Å²) in [6.07, 6.45) is 2.90. The molecule has 0 aliphatic rings. The minimum atomic E-state index is -0.898. The van der Waals surface area contributed by atoms with Gasteiger partial charge in [-0.25, -0.2) is 4.98 Å². The molecule has 144 valence electrons. The fourth-order valence-corrected chi connectivity index (χ4v) is 2.52. The number of nitrogens with two attached hydrogens (primary N) is 1. The Kier molecular flexibility index (Phi) is 10.3. The molecule has 26 heavy (non-hydrogen) atoms.